The SMILES string of the molecule is CCOC(=O)N1CCN(c2ncc(C#N)cc2N)CC1. The first-order chi connectivity index (χ1) is 9.65. The number of hydrogen-bond acceptors (Lipinski definition) is 6. The Kier molecular flexibility index (Phi) is 4.25. The summed E-state index contributed by atoms with van der Waals surface area (Å²) in [6.07, 6.45) is 1.22. The molecule has 1 aromatic rings. The fraction of sp³-hybridized carbons (Fsp3) is 0.462. The fourth-order valence-electron chi connectivity index (χ4n) is 2.12. The van der Waals surface area contributed by atoms with Gasteiger partial charge in [-0.25, -0.2) is 9.78 Å². The van der Waals surface area contributed by atoms with E-state index >= 15 is 0 Å². The summed E-state index contributed by atoms with van der Waals surface area (Å²) >= 11 is 0. The number of nitrogens with zero attached hydrogens (tertiary/aromatic N) is 4. The molecule has 2 rings (SSSR count). The van der Waals surface area contributed by atoms with Crippen molar-refractivity contribution in [2.75, 3.05) is 43.4 Å². The fourth-order valence-corrected chi connectivity index (χ4v) is 2.12. The minimum atomic E-state index is -0.284. The van der Waals surface area contributed by atoms with Gasteiger partial charge in [0.05, 0.1) is 17.9 Å². The molecule has 1 aliphatic heterocycles. The molecule has 0 aromatic carbocycles. The number of amides is 1. The number of rotatable bonds is 2. The summed E-state index contributed by atoms with van der Waals surface area (Å²) in [4.78, 5) is 19.5. The Hall–Kier alpha value is -2.49. The van der Waals surface area contributed by atoms with Gasteiger partial charge < -0.3 is 20.3 Å². The van der Waals surface area contributed by atoms with E-state index in [0.717, 1.165) is 0 Å². The van der Waals surface area contributed by atoms with Gasteiger partial charge in [-0.3, -0.25) is 0 Å². The predicted molar refractivity (Wildman–Crippen MR) is 74.2 cm³/mol. The third kappa shape index (κ3) is 2.91. The van der Waals surface area contributed by atoms with Crippen LogP contribution in [0.1, 0.15) is 12.5 Å². The van der Waals surface area contributed by atoms with Crippen LogP contribution in [0.25, 0.3) is 0 Å². The zero-order valence-electron chi connectivity index (χ0n) is 11.4. The largest absolute Gasteiger partial charge is 0.450 e. The molecule has 0 saturated carbocycles. The quantitative estimate of drug-likeness (QED) is 0.858. The molecule has 20 heavy (non-hydrogen) atoms. The second-order valence-corrected chi connectivity index (χ2v) is 4.42. The monoisotopic (exact) mass is 275 g/mol. The maximum absolute atomic E-state index is 11.6. The molecule has 1 amide bonds. The Morgan fingerprint density at radius 1 is 1.50 bits per heavy atom. The van der Waals surface area contributed by atoms with Crippen LogP contribution in [0.2, 0.25) is 0 Å². The van der Waals surface area contributed by atoms with Gasteiger partial charge in [0.25, 0.3) is 0 Å². The Morgan fingerprint density at radius 3 is 2.75 bits per heavy atom. The first-order valence-corrected chi connectivity index (χ1v) is 6.48. The van der Waals surface area contributed by atoms with Crippen molar-refractivity contribution >= 4 is 17.6 Å². The number of nitriles is 1. The van der Waals surface area contributed by atoms with Gasteiger partial charge in [0, 0.05) is 32.4 Å². The Morgan fingerprint density at radius 2 is 2.20 bits per heavy atom. The van der Waals surface area contributed by atoms with Crippen molar-refractivity contribution in [2.24, 2.45) is 0 Å². The van der Waals surface area contributed by atoms with Crippen LogP contribution in [0.5, 0.6) is 0 Å². The molecule has 106 valence electrons. The molecule has 0 bridgehead atoms. The number of aromatic nitrogens is 1. The van der Waals surface area contributed by atoms with Crippen LogP contribution < -0.4 is 10.6 Å². The molecule has 1 fully saturated rings. The summed E-state index contributed by atoms with van der Waals surface area (Å²) in [5.41, 5.74) is 6.83. The van der Waals surface area contributed by atoms with Crippen LogP contribution in [0, 0.1) is 11.3 Å². The number of pyridine rings is 1. The van der Waals surface area contributed by atoms with Gasteiger partial charge in [-0.05, 0) is 13.0 Å². The van der Waals surface area contributed by atoms with E-state index in [1.165, 1.54) is 6.20 Å². The molecule has 0 aliphatic carbocycles. The van der Waals surface area contributed by atoms with E-state index in [9.17, 15) is 4.79 Å². The smallest absolute Gasteiger partial charge is 0.409 e. The number of carbonyl (C=O) groups is 1. The normalized spacial score (nSPS) is 14.8. The summed E-state index contributed by atoms with van der Waals surface area (Å²) in [6, 6.07) is 3.61. The molecular formula is C13H17N5O2. The highest BCUT2D eigenvalue weighted by molar-refractivity contribution is 5.69. The van der Waals surface area contributed by atoms with Crippen LogP contribution in [-0.2, 0) is 4.74 Å². The van der Waals surface area contributed by atoms with Gasteiger partial charge in [0.1, 0.15) is 6.07 Å². The van der Waals surface area contributed by atoms with E-state index in [1.54, 1.807) is 17.9 Å². The van der Waals surface area contributed by atoms with E-state index in [2.05, 4.69) is 4.98 Å². The summed E-state index contributed by atoms with van der Waals surface area (Å²) in [6.45, 7) is 4.59. The third-order valence-corrected chi connectivity index (χ3v) is 3.13. The molecule has 0 radical (unpaired) electrons. The topological polar surface area (TPSA) is 95.5 Å². The van der Waals surface area contributed by atoms with Crippen LogP contribution in [0.3, 0.4) is 0 Å². The van der Waals surface area contributed by atoms with Crippen LogP contribution in [-0.4, -0.2) is 48.8 Å². The molecule has 0 spiro atoms. The van der Waals surface area contributed by atoms with Crippen molar-refractivity contribution < 1.29 is 9.53 Å². The van der Waals surface area contributed by atoms with E-state index in [-0.39, 0.29) is 6.09 Å². The summed E-state index contributed by atoms with van der Waals surface area (Å²) in [5, 5.41) is 8.79. The third-order valence-electron chi connectivity index (χ3n) is 3.13. The van der Waals surface area contributed by atoms with Crippen molar-refractivity contribution in [3.05, 3.63) is 17.8 Å². The highest BCUT2D eigenvalue weighted by atomic mass is 16.6. The van der Waals surface area contributed by atoms with Gasteiger partial charge >= 0.3 is 6.09 Å². The van der Waals surface area contributed by atoms with E-state index in [4.69, 9.17) is 15.7 Å². The number of ether oxygens (including phenoxy) is 1. The lowest BCUT2D eigenvalue weighted by molar-refractivity contribution is 0.105. The number of piperazine rings is 1. The minimum absolute atomic E-state index is 0.284. The first kappa shape index (κ1) is 13.9. The first-order valence-electron chi connectivity index (χ1n) is 6.48. The highest BCUT2D eigenvalue weighted by Gasteiger charge is 2.23. The molecule has 7 nitrogen and oxygen atoms in total. The summed E-state index contributed by atoms with van der Waals surface area (Å²) < 4.78 is 4.97. The standard InChI is InChI=1S/C13H17N5O2/c1-2-20-13(19)18-5-3-17(4-6-18)12-11(15)7-10(8-14)9-16-12/h7,9H,2-6,15H2,1H3. The molecule has 1 aliphatic rings. The van der Waals surface area contributed by atoms with Crippen LogP contribution in [0.15, 0.2) is 12.3 Å². The number of hydrogen-bond donors (Lipinski definition) is 1. The highest BCUT2D eigenvalue weighted by Crippen LogP contribution is 2.22. The second kappa shape index (κ2) is 6.10. The molecule has 0 unspecified atom stereocenters. The molecule has 7 heteroatoms. The molecule has 1 aromatic heterocycles. The molecule has 0 atom stereocenters. The average molecular weight is 275 g/mol. The predicted octanol–water partition coefficient (Wildman–Crippen LogP) is 0.814. The summed E-state index contributed by atoms with van der Waals surface area (Å²) in [7, 11) is 0. The number of nitrogen functional groups attached to an aromatic ring is 1. The minimum Gasteiger partial charge on any atom is -0.450 e. The number of carbonyl (C=O) groups excluding carboxylic acids is 1. The Labute approximate surface area is 117 Å². The van der Waals surface area contributed by atoms with Crippen molar-refractivity contribution in [1.82, 2.24) is 9.88 Å². The lowest BCUT2D eigenvalue weighted by atomic mass is 10.2. The Bertz CT molecular complexity index is 532. The molecular weight excluding hydrogens is 258 g/mol. The van der Waals surface area contributed by atoms with E-state index in [0.29, 0.717) is 49.9 Å². The van der Waals surface area contributed by atoms with Gasteiger partial charge in [-0.15, -0.1) is 0 Å². The number of nitrogens with two attached hydrogens (primary N) is 1. The van der Waals surface area contributed by atoms with Crippen molar-refractivity contribution in [2.45, 2.75) is 6.92 Å². The van der Waals surface area contributed by atoms with Crippen molar-refractivity contribution in [3.8, 4) is 6.07 Å². The van der Waals surface area contributed by atoms with Crippen molar-refractivity contribution in [1.29, 1.82) is 5.26 Å². The Balaban J connectivity index is 2.01. The van der Waals surface area contributed by atoms with Gasteiger partial charge in [0.15, 0.2) is 5.82 Å². The molecule has 2 heterocycles. The lowest BCUT2D eigenvalue weighted by Crippen LogP contribution is -2.49. The maximum atomic E-state index is 11.6. The zero-order chi connectivity index (χ0) is 14.5. The van der Waals surface area contributed by atoms with Gasteiger partial charge in [0.2, 0.25) is 0 Å². The number of anilines is 2. The average Bonchev–Trinajstić information content (AvgIpc) is 2.47. The van der Waals surface area contributed by atoms with E-state index < -0.39 is 0 Å². The van der Waals surface area contributed by atoms with Crippen LogP contribution in [0.4, 0.5) is 16.3 Å². The van der Waals surface area contributed by atoms with Gasteiger partial charge in [-0.2, -0.15) is 5.26 Å². The lowest BCUT2D eigenvalue weighted by Gasteiger charge is -2.35. The molecule has 2 N–H and O–H groups in total. The van der Waals surface area contributed by atoms with E-state index in [1.807, 2.05) is 11.0 Å². The zero-order valence-corrected chi connectivity index (χ0v) is 11.4. The summed E-state index contributed by atoms with van der Waals surface area (Å²) in [5.74, 6) is 0.660. The van der Waals surface area contributed by atoms with Crippen molar-refractivity contribution in [3.63, 3.8) is 0 Å². The van der Waals surface area contributed by atoms with Gasteiger partial charge in [-0.1, -0.05) is 0 Å². The maximum Gasteiger partial charge on any atom is 0.409 e. The molecule has 1 saturated heterocycles. The van der Waals surface area contributed by atoms with Crippen LogP contribution >= 0.6 is 0 Å². The second-order valence-electron chi connectivity index (χ2n) is 4.42.